The normalized spacial score (nSPS) is 11.3. The Bertz CT molecular complexity index is 1120. The maximum Gasteiger partial charge on any atom is 0.335 e. The second kappa shape index (κ2) is 7.71. The summed E-state index contributed by atoms with van der Waals surface area (Å²) in [6.07, 6.45) is 1.54. The maximum atomic E-state index is 12.7. The van der Waals surface area contributed by atoms with Crippen LogP contribution in [0, 0.1) is 0 Å². The van der Waals surface area contributed by atoms with Crippen LogP contribution in [0.15, 0.2) is 68.2 Å². The van der Waals surface area contributed by atoms with E-state index in [1.165, 1.54) is 30.0 Å². The average molecular weight is 469 g/mol. The number of anilines is 1. The van der Waals surface area contributed by atoms with Gasteiger partial charge in [-0.2, -0.15) is 0 Å². The lowest BCUT2D eigenvalue weighted by atomic mass is 10.2. The first-order valence-corrected chi connectivity index (χ1v) is 10.5. The molecule has 0 atom stereocenters. The highest BCUT2D eigenvalue weighted by Gasteiger charge is 2.19. The molecule has 3 rings (SSSR count). The van der Waals surface area contributed by atoms with E-state index in [0.717, 1.165) is 6.07 Å². The molecule has 2 N–H and O–H groups in total. The van der Waals surface area contributed by atoms with Crippen molar-refractivity contribution in [2.45, 2.75) is 14.9 Å². The smallest absolute Gasteiger partial charge is 0.335 e. The van der Waals surface area contributed by atoms with Crippen molar-refractivity contribution in [3.05, 3.63) is 58.8 Å². The largest absolute Gasteiger partial charge is 0.478 e. The highest BCUT2D eigenvalue weighted by Crippen LogP contribution is 2.35. The van der Waals surface area contributed by atoms with Crippen LogP contribution in [0.25, 0.3) is 0 Å². The van der Waals surface area contributed by atoms with Crippen molar-refractivity contribution in [3.63, 3.8) is 0 Å². The molecule has 2 aromatic carbocycles. The van der Waals surface area contributed by atoms with E-state index in [1.807, 2.05) is 0 Å². The zero-order valence-corrected chi connectivity index (χ0v) is 17.0. The van der Waals surface area contributed by atoms with Crippen molar-refractivity contribution < 1.29 is 18.3 Å². The van der Waals surface area contributed by atoms with Crippen molar-refractivity contribution in [1.82, 2.24) is 14.8 Å². The monoisotopic (exact) mass is 468 g/mol. The van der Waals surface area contributed by atoms with Gasteiger partial charge in [0, 0.05) is 16.4 Å². The molecule has 0 amide bonds. The van der Waals surface area contributed by atoms with E-state index in [1.54, 1.807) is 36.1 Å². The van der Waals surface area contributed by atoms with Gasteiger partial charge in [-0.25, -0.2) is 13.2 Å². The molecule has 0 aliphatic carbocycles. The van der Waals surface area contributed by atoms with Crippen molar-refractivity contribution >= 4 is 49.4 Å². The summed E-state index contributed by atoms with van der Waals surface area (Å²) in [7, 11) is -2.21. The van der Waals surface area contributed by atoms with Gasteiger partial charge in [0.2, 0.25) is 0 Å². The quantitative estimate of drug-likeness (QED) is 0.570. The number of sulfonamides is 1. The van der Waals surface area contributed by atoms with Crippen LogP contribution in [0.2, 0.25) is 0 Å². The molecule has 11 heteroatoms. The fourth-order valence-corrected chi connectivity index (χ4v) is 4.51. The van der Waals surface area contributed by atoms with Gasteiger partial charge in [0.15, 0.2) is 5.16 Å². The number of carboxylic acid groups (broad SMARTS) is 1. The molecule has 8 nitrogen and oxygen atoms in total. The zero-order chi connectivity index (χ0) is 19.6. The number of aryl methyl sites for hydroxylation is 1. The van der Waals surface area contributed by atoms with E-state index in [4.69, 9.17) is 5.11 Å². The third-order valence-corrected chi connectivity index (χ3v) is 6.43. The van der Waals surface area contributed by atoms with E-state index < -0.39 is 16.0 Å². The maximum absolute atomic E-state index is 12.7. The Morgan fingerprint density at radius 3 is 2.70 bits per heavy atom. The van der Waals surface area contributed by atoms with Crippen LogP contribution in [0.1, 0.15) is 10.4 Å². The van der Waals surface area contributed by atoms with Crippen molar-refractivity contribution in [1.29, 1.82) is 0 Å². The number of aromatic nitrogens is 3. The number of aromatic carboxylic acids is 1. The molecule has 3 aromatic rings. The molecule has 0 spiro atoms. The van der Waals surface area contributed by atoms with E-state index in [-0.39, 0.29) is 10.5 Å². The Morgan fingerprint density at radius 2 is 2.04 bits per heavy atom. The summed E-state index contributed by atoms with van der Waals surface area (Å²) in [5, 5.41) is 17.4. The lowest BCUT2D eigenvalue weighted by molar-refractivity contribution is 0.0696. The van der Waals surface area contributed by atoms with Gasteiger partial charge in [-0.3, -0.25) is 4.72 Å². The van der Waals surface area contributed by atoms with Crippen LogP contribution < -0.4 is 4.72 Å². The Morgan fingerprint density at radius 1 is 1.26 bits per heavy atom. The third-order valence-electron chi connectivity index (χ3n) is 3.45. The number of rotatable bonds is 6. The van der Waals surface area contributed by atoms with Gasteiger partial charge in [0.25, 0.3) is 10.0 Å². The van der Waals surface area contributed by atoms with Crippen LogP contribution in [0.3, 0.4) is 0 Å². The number of carboxylic acids is 1. The summed E-state index contributed by atoms with van der Waals surface area (Å²) >= 11 is 4.58. The molecular weight excluding hydrogens is 456 g/mol. The van der Waals surface area contributed by atoms with Crippen LogP contribution in [-0.2, 0) is 17.1 Å². The molecule has 0 unspecified atom stereocenters. The number of benzene rings is 2. The van der Waals surface area contributed by atoms with Crippen LogP contribution in [0.5, 0.6) is 0 Å². The minimum Gasteiger partial charge on any atom is -0.478 e. The third kappa shape index (κ3) is 4.49. The first-order valence-electron chi connectivity index (χ1n) is 7.44. The Hall–Kier alpha value is -2.37. The number of hydrogen-bond acceptors (Lipinski definition) is 6. The van der Waals surface area contributed by atoms with Gasteiger partial charge in [-0.15, -0.1) is 10.2 Å². The number of halogens is 1. The second-order valence-corrected chi connectivity index (χ2v) is 9.01. The number of nitrogens with zero attached hydrogens (tertiary/aromatic N) is 3. The molecule has 0 radical (unpaired) electrons. The lowest BCUT2D eigenvalue weighted by Gasteiger charge is -2.13. The zero-order valence-electron chi connectivity index (χ0n) is 13.8. The summed E-state index contributed by atoms with van der Waals surface area (Å²) in [4.78, 5) is 11.6. The molecule has 140 valence electrons. The van der Waals surface area contributed by atoms with Gasteiger partial charge < -0.3 is 9.67 Å². The predicted octanol–water partition coefficient (Wildman–Crippen LogP) is 3.23. The van der Waals surface area contributed by atoms with Crippen LogP contribution >= 0.6 is 27.7 Å². The fourth-order valence-electron chi connectivity index (χ4n) is 2.13. The second-order valence-electron chi connectivity index (χ2n) is 5.41. The fraction of sp³-hybridized carbons (Fsp3) is 0.0625. The topological polar surface area (TPSA) is 114 Å². The summed E-state index contributed by atoms with van der Waals surface area (Å²) in [5.74, 6) is -1.20. The predicted molar refractivity (Wildman–Crippen MR) is 103 cm³/mol. The van der Waals surface area contributed by atoms with Gasteiger partial charge in [-0.05, 0) is 48.2 Å². The molecule has 27 heavy (non-hydrogen) atoms. The molecular formula is C16H13BrN4O4S2. The highest BCUT2D eigenvalue weighted by molar-refractivity contribution is 9.10. The first-order chi connectivity index (χ1) is 12.8. The highest BCUT2D eigenvalue weighted by atomic mass is 79.9. The molecule has 0 saturated heterocycles. The van der Waals surface area contributed by atoms with E-state index in [0.29, 0.717) is 20.2 Å². The van der Waals surface area contributed by atoms with Crippen molar-refractivity contribution in [2.75, 3.05) is 4.72 Å². The Kier molecular flexibility index (Phi) is 5.53. The van der Waals surface area contributed by atoms with E-state index in [2.05, 4.69) is 30.8 Å². The summed E-state index contributed by atoms with van der Waals surface area (Å²) in [6, 6.07) is 10.3. The van der Waals surface area contributed by atoms with Crippen molar-refractivity contribution in [3.8, 4) is 0 Å². The summed E-state index contributed by atoms with van der Waals surface area (Å²) in [6.45, 7) is 0. The lowest BCUT2D eigenvalue weighted by Crippen LogP contribution is -2.14. The van der Waals surface area contributed by atoms with Crippen LogP contribution in [-0.4, -0.2) is 34.3 Å². The SMILES string of the molecule is Cn1cnnc1Sc1ccc(Br)cc1NS(=O)(=O)c1cccc(C(=O)O)c1. The number of nitrogens with one attached hydrogen (secondary N) is 1. The van der Waals surface area contributed by atoms with Crippen LogP contribution in [0.4, 0.5) is 5.69 Å². The van der Waals surface area contributed by atoms with E-state index in [9.17, 15) is 13.2 Å². The first kappa shape index (κ1) is 19.4. The van der Waals surface area contributed by atoms with Crippen molar-refractivity contribution in [2.24, 2.45) is 7.05 Å². The number of hydrogen-bond donors (Lipinski definition) is 2. The summed E-state index contributed by atoms with van der Waals surface area (Å²) < 4.78 is 30.4. The molecule has 1 heterocycles. The van der Waals surface area contributed by atoms with Gasteiger partial charge in [0.1, 0.15) is 6.33 Å². The van der Waals surface area contributed by atoms with Gasteiger partial charge >= 0.3 is 5.97 Å². The Labute approximate surface area is 167 Å². The average Bonchev–Trinajstić information content (AvgIpc) is 3.02. The number of carbonyl (C=O) groups is 1. The van der Waals surface area contributed by atoms with E-state index >= 15 is 0 Å². The molecule has 1 aromatic heterocycles. The molecule has 0 saturated carbocycles. The minimum atomic E-state index is -3.99. The van der Waals surface area contributed by atoms with Gasteiger partial charge in [-0.1, -0.05) is 22.0 Å². The molecule has 0 aliphatic heterocycles. The standard InChI is InChI=1S/C16H13BrN4O4S2/c1-21-9-18-19-16(21)26-14-6-5-11(17)8-13(14)20-27(24,25)12-4-2-3-10(7-12)15(22)23/h2-9,20H,1H3,(H,22,23). The Balaban J connectivity index is 1.97. The molecule has 0 fully saturated rings. The summed E-state index contributed by atoms with van der Waals surface area (Å²) in [5.41, 5.74) is 0.221. The minimum absolute atomic E-state index is 0.110. The molecule has 0 bridgehead atoms. The van der Waals surface area contributed by atoms with Gasteiger partial charge in [0.05, 0.1) is 16.1 Å². The molecule has 0 aliphatic rings.